The smallest absolute Gasteiger partial charge is 0.390 e. The Labute approximate surface area is 207 Å². The van der Waals surface area contributed by atoms with Crippen molar-refractivity contribution in [3.05, 3.63) is 76.4 Å². The summed E-state index contributed by atoms with van der Waals surface area (Å²) in [6.45, 7) is 4.50. The summed E-state index contributed by atoms with van der Waals surface area (Å²) in [5, 5.41) is 17.6. The largest absolute Gasteiger partial charge is 0.416 e. The summed E-state index contributed by atoms with van der Waals surface area (Å²) in [7, 11) is 1.87. The van der Waals surface area contributed by atoms with Gasteiger partial charge in [0.15, 0.2) is 0 Å². The molecule has 0 radical (unpaired) electrons. The van der Waals surface area contributed by atoms with Crippen LogP contribution in [0.2, 0.25) is 0 Å². The number of aliphatic hydroxyl groups excluding tert-OH is 1. The van der Waals surface area contributed by atoms with E-state index in [0.717, 1.165) is 17.5 Å². The molecule has 1 saturated heterocycles. The average Bonchev–Trinajstić information content (AvgIpc) is 3.37. The number of aliphatic hydroxyl groups is 1. The Morgan fingerprint density at radius 1 is 1.14 bits per heavy atom. The molecule has 2 atom stereocenters. The molecule has 7 nitrogen and oxygen atoms in total. The van der Waals surface area contributed by atoms with Gasteiger partial charge in [-0.1, -0.05) is 19.1 Å². The van der Waals surface area contributed by atoms with Gasteiger partial charge < -0.3 is 14.6 Å². The summed E-state index contributed by atoms with van der Waals surface area (Å²) in [6.07, 6.45) is -2.78. The number of rotatable bonds is 6. The lowest BCUT2D eigenvalue weighted by Gasteiger charge is -2.40. The van der Waals surface area contributed by atoms with E-state index >= 15 is 0 Å². The predicted molar refractivity (Wildman–Crippen MR) is 128 cm³/mol. The molecule has 1 amide bonds. The van der Waals surface area contributed by atoms with Gasteiger partial charge in [-0.3, -0.25) is 9.69 Å². The van der Waals surface area contributed by atoms with Crippen LogP contribution in [0.3, 0.4) is 0 Å². The quantitative estimate of drug-likeness (QED) is 0.553. The molecular formula is C26H28F3N5O2. The normalized spacial score (nSPS) is 18.3. The van der Waals surface area contributed by atoms with Crippen LogP contribution in [0.25, 0.3) is 0 Å². The molecule has 2 aliphatic rings. The number of anilines is 1. The molecule has 1 unspecified atom stereocenters. The maximum Gasteiger partial charge on any atom is 0.416 e. The Morgan fingerprint density at radius 3 is 2.53 bits per heavy atom. The standard InChI is InChI=1S/C26H28F3N5O2/c1-15(7-24-31-30-14-32(24)3)17-5-4-6-19(8-17)34-13-22-21(25(34)36)9-18(10-23(22)26(27,28)29)16(2)33-11-20(35)12-33/h4-6,8-10,14-16,20,35H,7,11-13H2,1-3H3/t15-,16?/m1/s1. The number of β-amino-alcohol motifs (C(OH)–C–C–N with tert-alkyl or cyclic N) is 1. The number of carbonyl (C=O) groups excluding carboxylic acids is 1. The predicted octanol–water partition coefficient (Wildman–Crippen LogP) is 4.08. The number of likely N-dealkylation sites (tertiary alicyclic amines) is 1. The Morgan fingerprint density at radius 2 is 1.89 bits per heavy atom. The Bertz CT molecular complexity index is 1300. The zero-order valence-electron chi connectivity index (χ0n) is 20.3. The number of halogens is 3. The summed E-state index contributed by atoms with van der Waals surface area (Å²) < 4.78 is 44.1. The number of aryl methyl sites for hydroxylation is 1. The molecule has 2 aromatic carbocycles. The Balaban J connectivity index is 1.45. The van der Waals surface area contributed by atoms with Gasteiger partial charge in [-0.25, -0.2) is 0 Å². The molecule has 1 aromatic heterocycles. The van der Waals surface area contributed by atoms with Crippen LogP contribution in [0.1, 0.15) is 64.2 Å². The zero-order valence-corrected chi connectivity index (χ0v) is 20.3. The fraction of sp³-hybridized carbons (Fsp3) is 0.423. The van der Waals surface area contributed by atoms with Crippen LogP contribution < -0.4 is 4.90 Å². The van der Waals surface area contributed by atoms with E-state index in [1.54, 1.807) is 25.4 Å². The van der Waals surface area contributed by atoms with E-state index in [1.165, 1.54) is 4.90 Å². The molecule has 190 valence electrons. The van der Waals surface area contributed by atoms with Gasteiger partial charge in [0.2, 0.25) is 0 Å². The second-order valence-corrected chi connectivity index (χ2v) is 9.83. The first-order valence-electron chi connectivity index (χ1n) is 11.9. The highest BCUT2D eigenvalue weighted by Crippen LogP contribution is 2.41. The first-order chi connectivity index (χ1) is 17.0. The summed E-state index contributed by atoms with van der Waals surface area (Å²) in [4.78, 5) is 16.7. The number of nitrogens with zero attached hydrogens (tertiary/aromatic N) is 5. The van der Waals surface area contributed by atoms with Crippen molar-refractivity contribution in [3.63, 3.8) is 0 Å². The summed E-state index contributed by atoms with van der Waals surface area (Å²) in [5.41, 5.74) is 1.27. The highest BCUT2D eigenvalue weighted by Gasteiger charge is 2.41. The molecule has 0 bridgehead atoms. The number of aromatic nitrogens is 3. The molecule has 36 heavy (non-hydrogen) atoms. The second-order valence-electron chi connectivity index (χ2n) is 9.83. The third-order valence-corrected chi connectivity index (χ3v) is 7.33. The highest BCUT2D eigenvalue weighted by molar-refractivity contribution is 6.10. The van der Waals surface area contributed by atoms with E-state index < -0.39 is 23.8 Å². The number of amides is 1. The molecular weight excluding hydrogens is 471 g/mol. The summed E-state index contributed by atoms with van der Waals surface area (Å²) >= 11 is 0. The first kappa shape index (κ1) is 24.5. The summed E-state index contributed by atoms with van der Waals surface area (Å²) in [6, 6.07) is 9.78. The third kappa shape index (κ3) is 4.39. The number of hydrogen-bond donors (Lipinski definition) is 1. The molecule has 3 heterocycles. The highest BCUT2D eigenvalue weighted by atomic mass is 19.4. The van der Waals surface area contributed by atoms with Gasteiger partial charge in [0.1, 0.15) is 12.2 Å². The molecule has 1 N–H and O–H groups in total. The van der Waals surface area contributed by atoms with Crippen LogP contribution >= 0.6 is 0 Å². The SMILES string of the molecule is CC(c1cc2c(c(C(F)(F)F)c1)CN(c1cccc([C@H](C)Cc3nncn3C)c1)C2=O)N1CC(O)C1. The lowest BCUT2D eigenvalue weighted by molar-refractivity contribution is -0.138. The minimum Gasteiger partial charge on any atom is -0.390 e. The molecule has 3 aromatic rings. The maximum absolute atomic E-state index is 14.1. The lowest BCUT2D eigenvalue weighted by Crippen LogP contribution is -2.51. The number of alkyl halides is 3. The van der Waals surface area contributed by atoms with E-state index in [0.29, 0.717) is 30.8 Å². The molecule has 0 saturated carbocycles. The molecule has 1 fully saturated rings. The van der Waals surface area contributed by atoms with Crippen LogP contribution in [0.5, 0.6) is 0 Å². The van der Waals surface area contributed by atoms with Crippen LogP contribution in [0, 0.1) is 0 Å². The van der Waals surface area contributed by atoms with Crippen molar-refractivity contribution in [2.24, 2.45) is 7.05 Å². The van der Waals surface area contributed by atoms with E-state index in [2.05, 4.69) is 10.2 Å². The topological polar surface area (TPSA) is 74.5 Å². The second kappa shape index (κ2) is 9.01. The van der Waals surface area contributed by atoms with Crippen molar-refractivity contribution in [2.75, 3.05) is 18.0 Å². The zero-order chi connectivity index (χ0) is 25.8. The molecule has 5 rings (SSSR count). The van der Waals surface area contributed by atoms with E-state index in [-0.39, 0.29) is 29.6 Å². The van der Waals surface area contributed by atoms with Gasteiger partial charge in [0, 0.05) is 43.9 Å². The third-order valence-electron chi connectivity index (χ3n) is 7.33. The van der Waals surface area contributed by atoms with E-state index in [1.807, 2.05) is 41.6 Å². The van der Waals surface area contributed by atoms with Gasteiger partial charge in [0.25, 0.3) is 5.91 Å². The van der Waals surface area contributed by atoms with Crippen LogP contribution in [0.4, 0.5) is 18.9 Å². The molecule has 2 aliphatic heterocycles. The molecule has 0 spiro atoms. The van der Waals surface area contributed by atoms with Gasteiger partial charge in [0.05, 0.1) is 18.2 Å². The number of hydrogen-bond acceptors (Lipinski definition) is 5. The van der Waals surface area contributed by atoms with Crippen molar-refractivity contribution in [2.45, 2.75) is 51.1 Å². The fourth-order valence-electron chi connectivity index (χ4n) is 5.03. The van der Waals surface area contributed by atoms with Crippen molar-refractivity contribution in [1.82, 2.24) is 19.7 Å². The van der Waals surface area contributed by atoms with Crippen molar-refractivity contribution < 1.29 is 23.1 Å². The van der Waals surface area contributed by atoms with Crippen molar-refractivity contribution >= 4 is 11.6 Å². The van der Waals surface area contributed by atoms with Gasteiger partial charge in [-0.05, 0) is 53.8 Å². The molecule has 0 aliphatic carbocycles. The van der Waals surface area contributed by atoms with Crippen molar-refractivity contribution in [3.8, 4) is 0 Å². The monoisotopic (exact) mass is 499 g/mol. The van der Waals surface area contributed by atoms with Crippen molar-refractivity contribution in [1.29, 1.82) is 0 Å². The molecule has 10 heteroatoms. The minimum atomic E-state index is -4.59. The van der Waals surface area contributed by atoms with E-state index in [9.17, 15) is 23.1 Å². The lowest BCUT2D eigenvalue weighted by atomic mass is 9.94. The fourth-order valence-corrected chi connectivity index (χ4v) is 5.03. The minimum absolute atomic E-state index is 0.00429. The average molecular weight is 500 g/mol. The van der Waals surface area contributed by atoms with Gasteiger partial charge in [-0.15, -0.1) is 10.2 Å². The van der Waals surface area contributed by atoms with Gasteiger partial charge in [-0.2, -0.15) is 13.2 Å². The van der Waals surface area contributed by atoms with Gasteiger partial charge >= 0.3 is 6.18 Å². The van der Waals surface area contributed by atoms with E-state index in [4.69, 9.17) is 0 Å². The number of benzene rings is 2. The number of fused-ring (bicyclic) bond motifs is 1. The Hall–Kier alpha value is -3.24. The van der Waals surface area contributed by atoms with Crippen LogP contribution in [-0.4, -0.2) is 49.9 Å². The summed E-state index contributed by atoms with van der Waals surface area (Å²) in [5.74, 6) is 0.452. The van der Waals surface area contributed by atoms with Crippen LogP contribution in [-0.2, 0) is 26.2 Å². The Kier molecular flexibility index (Phi) is 6.12. The maximum atomic E-state index is 14.1. The van der Waals surface area contributed by atoms with Crippen LogP contribution in [0.15, 0.2) is 42.7 Å². The first-order valence-corrected chi connectivity index (χ1v) is 11.9. The number of carbonyl (C=O) groups is 1.